The molecule has 0 unspecified atom stereocenters. The SMILES string of the molecule is O=C(c1cccnc1)c1cnc2c(c1)C=C(c1ccccc1)C2. The Kier molecular flexibility index (Phi) is 3.31. The van der Waals surface area contributed by atoms with E-state index in [1.807, 2.05) is 24.3 Å². The first-order chi connectivity index (χ1) is 11.3. The molecule has 0 saturated carbocycles. The zero-order valence-corrected chi connectivity index (χ0v) is 12.4. The number of pyridine rings is 2. The van der Waals surface area contributed by atoms with E-state index in [1.165, 1.54) is 11.1 Å². The molecule has 0 amide bonds. The summed E-state index contributed by atoms with van der Waals surface area (Å²) in [5, 5.41) is 0. The third-order valence-corrected chi connectivity index (χ3v) is 4.02. The van der Waals surface area contributed by atoms with Crippen molar-refractivity contribution in [3.8, 4) is 0 Å². The topological polar surface area (TPSA) is 42.9 Å². The van der Waals surface area contributed by atoms with E-state index in [4.69, 9.17) is 0 Å². The maximum atomic E-state index is 12.5. The molecule has 1 aliphatic carbocycles. The fourth-order valence-electron chi connectivity index (χ4n) is 2.83. The highest BCUT2D eigenvalue weighted by Crippen LogP contribution is 2.30. The number of nitrogens with zero attached hydrogens (tertiary/aromatic N) is 2. The van der Waals surface area contributed by atoms with Crippen molar-refractivity contribution in [2.45, 2.75) is 6.42 Å². The molecule has 3 heteroatoms. The summed E-state index contributed by atoms with van der Waals surface area (Å²) in [7, 11) is 0. The number of hydrogen-bond donors (Lipinski definition) is 0. The zero-order chi connectivity index (χ0) is 15.6. The standard InChI is InChI=1S/C20H14N2O/c23-20(15-7-4-8-21-12-15)18-10-17-9-16(11-19(17)22-13-18)14-5-2-1-3-6-14/h1-10,12-13H,11H2. The molecule has 1 aliphatic rings. The molecule has 23 heavy (non-hydrogen) atoms. The van der Waals surface area contributed by atoms with Crippen LogP contribution in [0, 0.1) is 0 Å². The van der Waals surface area contributed by atoms with Crippen molar-refractivity contribution in [2.24, 2.45) is 0 Å². The summed E-state index contributed by atoms with van der Waals surface area (Å²) < 4.78 is 0. The van der Waals surface area contributed by atoms with E-state index in [0.717, 1.165) is 17.7 Å². The molecule has 0 aliphatic heterocycles. The van der Waals surface area contributed by atoms with Gasteiger partial charge in [0, 0.05) is 36.1 Å². The van der Waals surface area contributed by atoms with Crippen LogP contribution in [0.3, 0.4) is 0 Å². The van der Waals surface area contributed by atoms with Gasteiger partial charge < -0.3 is 0 Å². The van der Waals surface area contributed by atoms with Crippen molar-refractivity contribution >= 4 is 17.4 Å². The first kappa shape index (κ1) is 13.6. The van der Waals surface area contributed by atoms with Crippen LogP contribution >= 0.6 is 0 Å². The second-order valence-electron chi connectivity index (χ2n) is 5.54. The Hall–Kier alpha value is -3.07. The summed E-state index contributed by atoms with van der Waals surface area (Å²) in [5.74, 6) is -0.0463. The molecule has 0 saturated heterocycles. The molecule has 110 valence electrons. The Morgan fingerprint density at radius 1 is 0.957 bits per heavy atom. The number of carbonyl (C=O) groups excluding carboxylic acids is 1. The minimum Gasteiger partial charge on any atom is -0.288 e. The molecule has 0 radical (unpaired) electrons. The normalized spacial score (nSPS) is 12.6. The van der Waals surface area contributed by atoms with Crippen LogP contribution in [0.5, 0.6) is 0 Å². The first-order valence-electron chi connectivity index (χ1n) is 7.51. The van der Waals surface area contributed by atoms with E-state index < -0.39 is 0 Å². The van der Waals surface area contributed by atoms with Crippen LogP contribution in [0.4, 0.5) is 0 Å². The average Bonchev–Trinajstić information content (AvgIpc) is 3.06. The van der Waals surface area contributed by atoms with Crippen molar-refractivity contribution in [2.75, 3.05) is 0 Å². The number of allylic oxidation sites excluding steroid dienone is 1. The third kappa shape index (κ3) is 2.57. The zero-order valence-electron chi connectivity index (χ0n) is 12.4. The van der Waals surface area contributed by atoms with Crippen LogP contribution in [-0.2, 0) is 6.42 Å². The summed E-state index contributed by atoms with van der Waals surface area (Å²) in [5.41, 5.74) is 5.66. The Bertz CT molecular complexity index is 899. The Morgan fingerprint density at radius 3 is 2.61 bits per heavy atom. The lowest BCUT2D eigenvalue weighted by Gasteiger charge is -2.03. The predicted molar refractivity (Wildman–Crippen MR) is 89.9 cm³/mol. The van der Waals surface area contributed by atoms with Gasteiger partial charge in [0.2, 0.25) is 0 Å². The number of hydrogen-bond acceptors (Lipinski definition) is 3. The van der Waals surface area contributed by atoms with Gasteiger partial charge in [-0.2, -0.15) is 0 Å². The van der Waals surface area contributed by atoms with Gasteiger partial charge in [0.25, 0.3) is 0 Å². The van der Waals surface area contributed by atoms with Crippen LogP contribution < -0.4 is 0 Å². The summed E-state index contributed by atoms with van der Waals surface area (Å²) in [6, 6.07) is 15.7. The lowest BCUT2D eigenvalue weighted by Crippen LogP contribution is -2.03. The number of benzene rings is 1. The summed E-state index contributed by atoms with van der Waals surface area (Å²) >= 11 is 0. The lowest BCUT2D eigenvalue weighted by atomic mass is 10.0. The van der Waals surface area contributed by atoms with Crippen LogP contribution in [0.15, 0.2) is 67.1 Å². The number of fused-ring (bicyclic) bond motifs is 1. The minimum atomic E-state index is -0.0463. The minimum absolute atomic E-state index is 0.0463. The molecule has 3 nitrogen and oxygen atoms in total. The fraction of sp³-hybridized carbons (Fsp3) is 0.0500. The molecule has 0 N–H and O–H groups in total. The highest BCUT2D eigenvalue weighted by atomic mass is 16.1. The van der Waals surface area contributed by atoms with Gasteiger partial charge in [0.05, 0.1) is 5.69 Å². The molecule has 0 spiro atoms. The summed E-state index contributed by atoms with van der Waals surface area (Å²) in [6.45, 7) is 0. The van der Waals surface area contributed by atoms with Crippen molar-refractivity contribution in [3.63, 3.8) is 0 Å². The van der Waals surface area contributed by atoms with Crippen molar-refractivity contribution in [1.29, 1.82) is 0 Å². The number of carbonyl (C=O) groups is 1. The summed E-state index contributed by atoms with van der Waals surface area (Å²) in [6.07, 6.45) is 7.84. The number of ketones is 1. The largest absolute Gasteiger partial charge is 0.288 e. The molecule has 0 fully saturated rings. The average molecular weight is 298 g/mol. The fourth-order valence-corrected chi connectivity index (χ4v) is 2.83. The van der Waals surface area contributed by atoms with Crippen molar-refractivity contribution in [1.82, 2.24) is 9.97 Å². The second-order valence-corrected chi connectivity index (χ2v) is 5.54. The van der Waals surface area contributed by atoms with Gasteiger partial charge in [0.1, 0.15) is 0 Å². The maximum Gasteiger partial charge on any atom is 0.196 e. The lowest BCUT2D eigenvalue weighted by molar-refractivity contribution is 0.103. The highest BCUT2D eigenvalue weighted by molar-refractivity contribution is 6.09. The molecule has 2 aromatic heterocycles. The van der Waals surface area contributed by atoms with Crippen LogP contribution in [0.1, 0.15) is 32.7 Å². The van der Waals surface area contributed by atoms with E-state index in [0.29, 0.717) is 11.1 Å². The Balaban J connectivity index is 1.68. The Labute approximate surface area is 134 Å². The van der Waals surface area contributed by atoms with Gasteiger partial charge in [0.15, 0.2) is 5.78 Å². The number of aromatic nitrogens is 2. The molecule has 4 rings (SSSR count). The van der Waals surface area contributed by atoms with Crippen LogP contribution in [-0.4, -0.2) is 15.8 Å². The van der Waals surface area contributed by atoms with Crippen molar-refractivity contribution < 1.29 is 4.79 Å². The van der Waals surface area contributed by atoms with Crippen LogP contribution in [0.2, 0.25) is 0 Å². The molecular weight excluding hydrogens is 284 g/mol. The first-order valence-corrected chi connectivity index (χ1v) is 7.51. The molecular formula is C20H14N2O. The predicted octanol–water partition coefficient (Wildman–Crippen LogP) is 3.80. The van der Waals surface area contributed by atoms with Gasteiger partial charge in [-0.3, -0.25) is 14.8 Å². The van der Waals surface area contributed by atoms with E-state index >= 15 is 0 Å². The number of rotatable bonds is 3. The monoisotopic (exact) mass is 298 g/mol. The van der Waals surface area contributed by atoms with Gasteiger partial charge >= 0.3 is 0 Å². The highest BCUT2D eigenvalue weighted by Gasteiger charge is 2.18. The van der Waals surface area contributed by atoms with Crippen LogP contribution in [0.25, 0.3) is 11.6 Å². The second kappa shape index (κ2) is 5.61. The smallest absolute Gasteiger partial charge is 0.196 e. The quantitative estimate of drug-likeness (QED) is 0.691. The van der Waals surface area contributed by atoms with E-state index in [9.17, 15) is 4.79 Å². The van der Waals surface area contributed by atoms with Crippen molar-refractivity contribution in [3.05, 3.63) is 95.1 Å². The van der Waals surface area contributed by atoms with E-state index in [1.54, 1.807) is 30.7 Å². The summed E-state index contributed by atoms with van der Waals surface area (Å²) in [4.78, 5) is 21.0. The van der Waals surface area contributed by atoms with E-state index in [2.05, 4.69) is 28.2 Å². The molecule has 1 aromatic carbocycles. The third-order valence-electron chi connectivity index (χ3n) is 4.02. The molecule has 0 atom stereocenters. The van der Waals surface area contributed by atoms with Gasteiger partial charge in [-0.05, 0) is 41.0 Å². The van der Waals surface area contributed by atoms with Gasteiger partial charge in [-0.25, -0.2) is 0 Å². The van der Waals surface area contributed by atoms with E-state index in [-0.39, 0.29) is 5.78 Å². The molecule has 0 bridgehead atoms. The molecule has 2 heterocycles. The van der Waals surface area contributed by atoms with Gasteiger partial charge in [-0.1, -0.05) is 30.3 Å². The maximum absolute atomic E-state index is 12.5. The Morgan fingerprint density at radius 2 is 1.83 bits per heavy atom. The molecule has 3 aromatic rings. The van der Waals surface area contributed by atoms with Gasteiger partial charge in [-0.15, -0.1) is 0 Å².